The van der Waals surface area contributed by atoms with Gasteiger partial charge in [-0.1, -0.05) is 0 Å². The number of nitrogens with zero attached hydrogens (tertiary/aromatic N) is 2. The highest BCUT2D eigenvalue weighted by molar-refractivity contribution is 5.63. The summed E-state index contributed by atoms with van der Waals surface area (Å²) in [5.74, 6) is 1.81. The van der Waals surface area contributed by atoms with E-state index >= 15 is 0 Å². The van der Waals surface area contributed by atoms with Crippen molar-refractivity contribution < 1.29 is 9.13 Å². The number of aromatic nitrogens is 2. The van der Waals surface area contributed by atoms with Crippen LogP contribution in [0, 0.1) is 5.82 Å². The summed E-state index contributed by atoms with van der Waals surface area (Å²) in [6.45, 7) is 3.98. The molecule has 0 spiro atoms. The Labute approximate surface area is 145 Å². The standard InChI is InChI=1S/C19H19FN4O/c1-13(2)25-17-9-7-16(8-10-17)24-19-11-18(21-12-22-19)23-15-5-3-14(20)4-6-15/h3-13H,1-2H3,(H2,21,22,23,24). The molecule has 2 aromatic carbocycles. The van der Waals surface area contributed by atoms with Gasteiger partial charge in [0.1, 0.15) is 29.5 Å². The summed E-state index contributed by atoms with van der Waals surface area (Å²) in [6.07, 6.45) is 1.60. The van der Waals surface area contributed by atoms with Gasteiger partial charge in [0, 0.05) is 17.4 Å². The van der Waals surface area contributed by atoms with Gasteiger partial charge in [0.25, 0.3) is 0 Å². The van der Waals surface area contributed by atoms with Gasteiger partial charge in [-0.3, -0.25) is 0 Å². The van der Waals surface area contributed by atoms with Crippen LogP contribution in [0.4, 0.5) is 27.4 Å². The third-order valence-electron chi connectivity index (χ3n) is 3.28. The maximum atomic E-state index is 13.0. The molecule has 1 heterocycles. The first-order valence-electron chi connectivity index (χ1n) is 7.97. The number of rotatable bonds is 6. The summed E-state index contributed by atoms with van der Waals surface area (Å²) in [5, 5.41) is 6.32. The van der Waals surface area contributed by atoms with E-state index in [2.05, 4.69) is 20.6 Å². The van der Waals surface area contributed by atoms with Gasteiger partial charge in [-0.2, -0.15) is 0 Å². The number of ether oxygens (including phenoxy) is 1. The fourth-order valence-electron chi connectivity index (χ4n) is 2.21. The Morgan fingerprint density at radius 3 is 1.88 bits per heavy atom. The lowest BCUT2D eigenvalue weighted by Gasteiger charge is -2.11. The van der Waals surface area contributed by atoms with E-state index < -0.39 is 0 Å². The molecule has 0 amide bonds. The average molecular weight is 338 g/mol. The Morgan fingerprint density at radius 1 is 0.840 bits per heavy atom. The van der Waals surface area contributed by atoms with Crippen molar-refractivity contribution in [3.05, 3.63) is 66.7 Å². The fourth-order valence-corrected chi connectivity index (χ4v) is 2.21. The van der Waals surface area contributed by atoms with Gasteiger partial charge >= 0.3 is 0 Å². The molecule has 0 bridgehead atoms. The zero-order valence-electron chi connectivity index (χ0n) is 14.0. The van der Waals surface area contributed by atoms with Crippen LogP contribution in [0.1, 0.15) is 13.8 Å². The third-order valence-corrected chi connectivity index (χ3v) is 3.28. The van der Waals surface area contributed by atoms with Crippen LogP contribution in [0.3, 0.4) is 0 Å². The Kier molecular flexibility index (Phi) is 5.09. The number of nitrogens with one attached hydrogen (secondary N) is 2. The van der Waals surface area contributed by atoms with Gasteiger partial charge in [0.05, 0.1) is 6.10 Å². The second kappa shape index (κ2) is 7.61. The minimum Gasteiger partial charge on any atom is -0.491 e. The Hall–Kier alpha value is -3.15. The number of halogens is 1. The molecule has 0 aliphatic carbocycles. The lowest BCUT2D eigenvalue weighted by molar-refractivity contribution is 0.242. The van der Waals surface area contributed by atoms with Crippen LogP contribution in [-0.2, 0) is 0 Å². The monoisotopic (exact) mass is 338 g/mol. The fraction of sp³-hybridized carbons (Fsp3) is 0.158. The quantitative estimate of drug-likeness (QED) is 0.670. The van der Waals surface area contributed by atoms with Crippen LogP contribution in [0.25, 0.3) is 0 Å². The summed E-state index contributed by atoms with van der Waals surface area (Å²) in [6, 6.07) is 15.5. The smallest absolute Gasteiger partial charge is 0.135 e. The zero-order valence-corrected chi connectivity index (χ0v) is 14.0. The molecular formula is C19H19FN4O. The van der Waals surface area contributed by atoms with Crippen molar-refractivity contribution >= 4 is 23.0 Å². The zero-order chi connectivity index (χ0) is 17.6. The van der Waals surface area contributed by atoms with Gasteiger partial charge in [-0.15, -0.1) is 0 Å². The highest BCUT2D eigenvalue weighted by atomic mass is 19.1. The molecule has 0 aliphatic rings. The van der Waals surface area contributed by atoms with Crippen LogP contribution in [0.2, 0.25) is 0 Å². The van der Waals surface area contributed by atoms with E-state index in [9.17, 15) is 4.39 Å². The molecule has 128 valence electrons. The predicted octanol–water partition coefficient (Wildman–Crippen LogP) is 4.89. The molecule has 0 atom stereocenters. The van der Waals surface area contributed by atoms with Gasteiger partial charge in [0.2, 0.25) is 0 Å². The van der Waals surface area contributed by atoms with E-state index in [1.165, 1.54) is 18.5 Å². The van der Waals surface area contributed by atoms with Crippen LogP contribution in [0.5, 0.6) is 5.75 Å². The van der Waals surface area contributed by atoms with E-state index in [-0.39, 0.29) is 11.9 Å². The normalized spacial score (nSPS) is 10.6. The van der Waals surface area contributed by atoms with Crippen molar-refractivity contribution in [1.29, 1.82) is 0 Å². The maximum absolute atomic E-state index is 13.0. The van der Waals surface area contributed by atoms with E-state index in [0.29, 0.717) is 11.6 Å². The molecule has 6 heteroatoms. The lowest BCUT2D eigenvalue weighted by atomic mass is 10.3. The van der Waals surface area contributed by atoms with Crippen LogP contribution in [0.15, 0.2) is 60.9 Å². The Balaban J connectivity index is 1.68. The molecule has 0 saturated heterocycles. The van der Waals surface area contributed by atoms with E-state index in [1.807, 2.05) is 38.1 Å². The van der Waals surface area contributed by atoms with Crippen molar-refractivity contribution in [2.45, 2.75) is 20.0 Å². The SMILES string of the molecule is CC(C)Oc1ccc(Nc2cc(Nc3ccc(F)cc3)ncn2)cc1. The predicted molar refractivity (Wildman–Crippen MR) is 97.2 cm³/mol. The molecule has 1 aromatic heterocycles. The number of anilines is 4. The Morgan fingerprint density at radius 2 is 1.36 bits per heavy atom. The maximum Gasteiger partial charge on any atom is 0.135 e. The van der Waals surface area contributed by atoms with Crippen LogP contribution < -0.4 is 15.4 Å². The van der Waals surface area contributed by atoms with E-state index in [1.54, 1.807) is 18.2 Å². The number of benzene rings is 2. The van der Waals surface area contributed by atoms with E-state index in [0.717, 1.165) is 17.1 Å². The van der Waals surface area contributed by atoms with Crippen LogP contribution >= 0.6 is 0 Å². The summed E-state index contributed by atoms with van der Waals surface area (Å²) in [7, 11) is 0. The summed E-state index contributed by atoms with van der Waals surface area (Å²) < 4.78 is 18.6. The van der Waals surface area contributed by atoms with E-state index in [4.69, 9.17) is 4.74 Å². The van der Waals surface area contributed by atoms with Gasteiger partial charge < -0.3 is 15.4 Å². The van der Waals surface area contributed by atoms with Crippen LogP contribution in [-0.4, -0.2) is 16.1 Å². The summed E-state index contributed by atoms with van der Waals surface area (Å²) >= 11 is 0. The summed E-state index contributed by atoms with van der Waals surface area (Å²) in [4.78, 5) is 8.38. The third kappa shape index (κ3) is 4.91. The lowest BCUT2D eigenvalue weighted by Crippen LogP contribution is -2.05. The first kappa shape index (κ1) is 16.7. The molecule has 25 heavy (non-hydrogen) atoms. The molecule has 0 fully saturated rings. The Bertz CT molecular complexity index is 820. The van der Waals surface area contributed by atoms with Gasteiger partial charge in [-0.05, 0) is 62.4 Å². The largest absolute Gasteiger partial charge is 0.491 e. The average Bonchev–Trinajstić information content (AvgIpc) is 2.59. The molecule has 2 N–H and O–H groups in total. The first-order valence-corrected chi connectivity index (χ1v) is 7.97. The molecule has 0 unspecified atom stereocenters. The second-order valence-corrected chi connectivity index (χ2v) is 5.74. The minimum atomic E-state index is -0.277. The molecule has 0 aliphatic heterocycles. The molecule has 3 aromatic rings. The van der Waals surface area contributed by atoms with Gasteiger partial charge in [0.15, 0.2) is 0 Å². The second-order valence-electron chi connectivity index (χ2n) is 5.74. The topological polar surface area (TPSA) is 59.1 Å². The van der Waals surface area contributed by atoms with Crippen molar-refractivity contribution in [3.8, 4) is 5.75 Å². The molecule has 0 saturated carbocycles. The summed E-state index contributed by atoms with van der Waals surface area (Å²) in [5.41, 5.74) is 1.64. The van der Waals surface area contributed by atoms with Crippen molar-refractivity contribution in [3.63, 3.8) is 0 Å². The van der Waals surface area contributed by atoms with Crippen molar-refractivity contribution in [2.75, 3.05) is 10.6 Å². The van der Waals surface area contributed by atoms with Crippen molar-refractivity contribution in [1.82, 2.24) is 9.97 Å². The number of hydrogen-bond acceptors (Lipinski definition) is 5. The first-order chi connectivity index (χ1) is 12.1. The molecule has 0 radical (unpaired) electrons. The highest BCUT2D eigenvalue weighted by Gasteiger charge is 2.02. The van der Waals surface area contributed by atoms with Gasteiger partial charge in [-0.25, -0.2) is 14.4 Å². The number of hydrogen-bond donors (Lipinski definition) is 2. The molecule has 3 rings (SSSR count). The molecule has 5 nitrogen and oxygen atoms in total. The minimum absolute atomic E-state index is 0.140. The van der Waals surface area contributed by atoms with Crippen molar-refractivity contribution in [2.24, 2.45) is 0 Å². The molecular weight excluding hydrogens is 319 g/mol. The highest BCUT2D eigenvalue weighted by Crippen LogP contribution is 2.22.